The Morgan fingerprint density at radius 2 is 2.00 bits per heavy atom. The summed E-state index contributed by atoms with van der Waals surface area (Å²) in [5.74, 6) is -0.260. The predicted molar refractivity (Wildman–Crippen MR) is 78.6 cm³/mol. The lowest BCUT2D eigenvalue weighted by molar-refractivity contribution is 0.0600. The molecule has 0 amide bonds. The highest BCUT2D eigenvalue weighted by Gasteiger charge is 2.08. The van der Waals surface area contributed by atoms with Gasteiger partial charge in [0.1, 0.15) is 0 Å². The maximum atomic E-state index is 11.6. The van der Waals surface area contributed by atoms with Gasteiger partial charge in [0.2, 0.25) is 0 Å². The largest absolute Gasteiger partial charge is 0.465 e. The van der Waals surface area contributed by atoms with E-state index < -0.39 is 0 Å². The number of carbonyl (C=O) groups is 1. The summed E-state index contributed by atoms with van der Waals surface area (Å²) >= 11 is 0. The molecule has 0 aliphatic rings. The van der Waals surface area contributed by atoms with Crippen molar-refractivity contribution in [2.24, 2.45) is 0 Å². The Kier molecular flexibility index (Phi) is 6.57. The minimum absolute atomic E-state index is 0.260. The van der Waals surface area contributed by atoms with E-state index in [0.717, 1.165) is 25.1 Å². The van der Waals surface area contributed by atoms with Gasteiger partial charge in [-0.3, -0.25) is 0 Å². The molecule has 19 heavy (non-hydrogen) atoms. The van der Waals surface area contributed by atoms with Crippen molar-refractivity contribution in [2.45, 2.75) is 33.1 Å². The Labute approximate surface area is 116 Å². The van der Waals surface area contributed by atoms with Crippen molar-refractivity contribution in [1.82, 2.24) is 4.90 Å². The summed E-state index contributed by atoms with van der Waals surface area (Å²) in [4.78, 5) is 13.9. The van der Waals surface area contributed by atoms with Crippen LogP contribution in [0.1, 0.15) is 41.3 Å². The van der Waals surface area contributed by atoms with Crippen LogP contribution in [-0.2, 0) is 11.2 Å². The molecule has 0 saturated carbocycles. The number of hydrogen-bond donors (Lipinski definition) is 0. The van der Waals surface area contributed by atoms with Gasteiger partial charge in [-0.25, -0.2) is 4.79 Å². The third-order valence-corrected chi connectivity index (χ3v) is 3.23. The monoisotopic (exact) mass is 263 g/mol. The summed E-state index contributed by atoms with van der Waals surface area (Å²) in [6.45, 7) is 6.37. The maximum absolute atomic E-state index is 11.6. The van der Waals surface area contributed by atoms with Crippen LogP contribution in [0.3, 0.4) is 0 Å². The second kappa shape index (κ2) is 7.95. The van der Waals surface area contributed by atoms with E-state index in [1.165, 1.54) is 25.5 Å². The molecule has 1 rings (SSSR count). The normalized spacial score (nSPS) is 10.8. The topological polar surface area (TPSA) is 29.5 Å². The first-order valence-electron chi connectivity index (χ1n) is 6.94. The second-order valence-corrected chi connectivity index (χ2v) is 5.11. The van der Waals surface area contributed by atoms with Gasteiger partial charge < -0.3 is 9.64 Å². The molecule has 0 fully saturated rings. The second-order valence-electron chi connectivity index (χ2n) is 5.11. The zero-order chi connectivity index (χ0) is 14.3. The van der Waals surface area contributed by atoms with Crippen LogP contribution in [0.5, 0.6) is 0 Å². The fraction of sp³-hybridized carbons (Fsp3) is 0.562. The Morgan fingerprint density at radius 3 is 2.63 bits per heavy atom. The highest BCUT2D eigenvalue weighted by Crippen LogP contribution is 2.12. The third-order valence-electron chi connectivity index (χ3n) is 3.23. The van der Waals surface area contributed by atoms with Crippen molar-refractivity contribution in [3.63, 3.8) is 0 Å². The average Bonchev–Trinajstić information content (AvgIpc) is 2.41. The van der Waals surface area contributed by atoms with Crippen LogP contribution >= 0.6 is 0 Å². The number of aryl methyl sites for hydroxylation is 1. The average molecular weight is 263 g/mol. The molecule has 0 heterocycles. The van der Waals surface area contributed by atoms with Gasteiger partial charge in [0, 0.05) is 6.54 Å². The third kappa shape index (κ3) is 5.43. The number of methoxy groups -OCH3 is 1. The van der Waals surface area contributed by atoms with E-state index in [9.17, 15) is 4.79 Å². The highest BCUT2D eigenvalue weighted by atomic mass is 16.5. The number of carbonyl (C=O) groups excluding carboxylic acids is 1. The van der Waals surface area contributed by atoms with Gasteiger partial charge in [-0.1, -0.05) is 19.4 Å². The smallest absolute Gasteiger partial charge is 0.337 e. The zero-order valence-corrected chi connectivity index (χ0v) is 12.5. The van der Waals surface area contributed by atoms with Crippen LogP contribution in [0.2, 0.25) is 0 Å². The predicted octanol–water partition coefficient (Wildman–Crippen LogP) is 3.06. The van der Waals surface area contributed by atoms with Gasteiger partial charge >= 0.3 is 5.97 Å². The lowest BCUT2D eigenvalue weighted by Gasteiger charge is -2.16. The number of benzene rings is 1. The van der Waals surface area contributed by atoms with Crippen molar-refractivity contribution in [3.05, 3.63) is 34.9 Å². The Morgan fingerprint density at radius 1 is 1.26 bits per heavy atom. The quantitative estimate of drug-likeness (QED) is 0.708. The number of rotatable bonds is 7. The van der Waals surface area contributed by atoms with Crippen molar-refractivity contribution in [1.29, 1.82) is 0 Å². The Bertz CT molecular complexity index is 415. The molecule has 0 atom stereocenters. The summed E-state index contributed by atoms with van der Waals surface area (Å²) < 4.78 is 4.78. The maximum Gasteiger partial charge on any atom is 0.337 e. The van der Waals surface area contributed by atoms with Crippen LogP contribution in [0.25, 0.3) is 0 Å². The SMILES string of the molecule is CCCCN(C)CCc1cc(C)cc(C(=O)OC)c1. The molecule has 106 valence electrons. The van der Waals surface area contributed by atoms with E-state index in [-0.39, 0.29) is 5.97 Å². The van der Waals surface area contributed by atoms with E-state index in [4.69, 9.17) is 4.74 Å². The van der Waals surface area contributed by atoms with Crippen molar-refractivity contribution in [2.75, 3.05) is 27.2 Å². The summed E-state index contributed by atoms with van der Waals surface area (Å²) in [6, 6.07) is 5.95. The van der Waals surface area contributed by atoms with Crippen molar-refractivity contribution >= 4 is 5.97 Å². The molecule has 0 bridgehead atoms. The van der Waals surface area contributed by atoms with Gasteiger partial charge in [0.25, 0.3) is 0 Å². The molecular formula is C16H25NO2. The first kappa shape index (κ1) is 15.7. The minimum Gasteiger partial charge on any atom is -0.465 e. The molecule has 0 unspecified atom stereocenters. The number of esters is 1. The fourth-order valence-corrected chi connectivity index (χ4v) is 2.10. The molecule has 0 spiro atoms. The molecule has 0 aromatic heterocycles. The summed E-state index contributed by atoms with van der Waals surface area (Å²) in [5.41, 5.74) is 2.95. The van der Waals surface area contributed by atoms with Crippen LogP contribution in [0.15, 0.2) is 18.2 Å². The Hall–Kier alpha value is -1.35. The highest BCUT2D eigenvalue weighted by molar-refractivity contribution is 5.89. The molecule has 3 nitrogen and oxygen atoms in total. The van der Waals surface area contributed by atoms with E-state index in [2.05, 4.69) is 24.9 Å². The first-order chi connectivity index (χ1) is 9.06. The molecule has 1 aromatic rings. The van der Waals surface area contributed by atoms with E-state index in [1.807, 2.05) is 19.1 Å². The van der Waals surface area contributed by atoms with Crippen molar-refractivity contribution < 1.29 is 9.53 Å². The standard InChI is InChI=1S/C16H25NO2/c1-5-6-8-17(3)9-7-14-10-13(2)11-15(12-14)16(18)19-4/h10-12H,5-9H2,1-4H3. The summed E-state index contributed by atoms with van der Waals surface area (Å²) in [6.07, 6.45) is 3.42. The molecule has 3 heteroatoms. The van der Waals surface area contributed by atoms with Gasteiger partial charge in [0.15, 0.2) is 0 Å². The lowest BCUT2D eigenvalue weighted by atomic mass is 10.0. The number of hydrogen-bond acceptors (Lipinski definition) is 3. The van der Waals surface area contributed by atoms with Gasteiger partial charge in [0.05, 0.1) is 12.7 Å². The number of likely N-dealkylation sites (N-methyl/N-ethyl adjacent to an activating group) is 1. The molecular weight excluding hydrogens is 238 g/mol. The first-order valence-corrected chi connectivity index (χ1v) is 6.94. The van der Waals surface area contributed by atoms with Crippen LogP contribution in [0.4, 0.5) is 0 Å². The molecule has 0 aliphatic heterocycles. The summed E-state index contributed by atoms with van der Waals surface area (Å²) in [5, 5.41) is 0. The minimum atomic E-state index is -0.260. The zero-order valence-electron chi connectivity index (χ0n) is 12.5. The van der Waals surface area contributed by atoms with Gasteiger partial charge in [-0.2, -0.15) is 0 Å². The molecule has 0 aliphatic carbocycles. The Balaban J connectivity index is 2.63. The number of ether oxygens (including phenoxy) is 1. The van der Waals surface area contributed by atoms with E-state index >= 15 is 0 Å². The lowest BCUT2D eigenvalue weighted by Crippen LogP contribution is -2.22. The van der Waals surface area contributed by atoms with E-state index in [1.54, 1.807) is 0 Å². The van der Waals surface area contributed by atoms with Crippen LogP contribution in [-0.4, -0.2) is 38.1 Å². The molecule has 1 aromatic carbocycles. The van der Waals surface area contributed by atoms with Crippen LogP contribution in [0, 0.1) is 6.92 Å². The molecule has 0 N–H and O–H groups in total. The molecule has 0 radical (unpaired) electrons. The van der Waals surface area contributed by atoms with Gasteiger partial charge in [-0.05, 0) is 56.6 Å². The van der Waals surface area contributed by atoms with Crippen molar-refractivity contribution in [3.8, 4) is 0 Å². The fourth-order valence-electron chi connectivity index (χ4n) is 2.10. The van der Waals surface area contributed by atoms with Gasteiger partial charge in [-0.15, -0.1) is 0 Å². The summed E-state index contributed by atoms with van der Waals surface area (Å²) in [7, 11) is 3.57. The number of unbranched alkanes of at least 4 members (excludes halogenated alkanes) is 1. The van der Waals surface area contributed by atoms with Crippen LogP contribution < -0.4 is 0 Å². The number of nitrogens with zero attached hydrogens (tertiary/aromatic N) is 1. The molecule has 0 saturated heterocycles. The van der Waals surface area contributed by atoms with E-state index in [0.29, 0.717) is 5.56 Å².